The number of aliphatic carboxylic acids is 2. The van der Waals surface area contributed by atoms with Crippen LogP contribution in [-0.4, -0.2) is 62.6 Å². The molecule has 0 aromatic carbocycles. The zero-order valence-corrected chi connectivity index (χ0v) is 28.9. The van der Waals surface area contributed by atoms with Crippen molar-refractivity contribution in [3.05, 3.63) is 0 Å². The van der Waals surface area contributed by atoms with Crippen molar-refractivity contribution in [3.63, 3.8) is 0 Å². The first kappa shape index (κ1) is 36.5. The number of carboxylic acids is 2. The van der Waals surface area contributed by atoms with E-state index in [4.69, 9.17) is 0 Å². The third kappa shape index (κ3) is 6.99. The van der Waals surface area contributed by atoms with Gasteiger partial charge < -0.3 is 35.4 Å². The average molecular weight is 582 g/mol. The molecule has 0 aromatic heterocycles. The number of rotatable bonds is 9. The van der Waals surface area contributed by atoms with Crippen LogP contribution in [0.5, 0.6) is 0 Å². The molecule has 0 amide bonds. The Bertz CT molecular complexity index is 936. The summed E-state index contributed by atoms with van der Waals surface area (Å²) in [5, 5.41) is 65.8. The Morgan fingerprint density at radius 2 is 1.62 bits per heavy atom. The van der Waals surface area contributed by atoms with Gasteiger partial charge in [0.15, 0.2) is 0 Å². The van der Waals surface area contributed by atoms with E-state index in [1.807, 2.05) is 0 Å². The van der Waals surface area contributed by atoms with Crippen LogP contribution in [0.2, 0.25) is 0 Å². The monoisotopic (exact) mass is 581 g/mol. The largest absolute Gasteiger partial charge is 1.00 e. The minimum absolute atomic E-state index is 0. The van der Waals surface area contributed by atoms with Gasteiger partial charge in [-0.05, 0) is 123 Å². The Labute approximate surface area is 282 Å². The summed E-state index contributed by atoms with van der Waals surface area (Å²) < 4.78 is 0. The molecule has 0 radical (unpaired) electrons. The van der Waals surface area contributed by atoms with Crippen LogP contribution in [0.4, 0.5) is 0 Å². The molecule has 0 saturated heterocycles. The summed E-state index contributed by atoms with van der Waals surface area (Å²) in [7, 11) is 0. The third-order valence-electron chi connectivity index (χ3n) is 11.5. The average Bonchev–Trinajstić information content (AvgIpc) is 3.20. The van der Waals surface area contributed by atoms with E-state index in [9.17, 15) is 40.2 Å². The van der Waals surface area contributed by atoms with Gasteiger partial charge in [0.25, 0.3) is 0 Å². The zero-order valence-electron chi connectivity index (χ0n) is 24.9. The van der Waals surface area contributed by atoms with Gasteiger partial charge in [-0.25, -0.2) is 4.79 Å². The molecule has 4 N–H and O–H groups in total. The molecular weight excluding hydrogens is 536 g/mol. The number of carbonyl (C=O) groups is 2. The SMILES string of the molecule is C[C@H](CCC([O-])=N[C@@H](CCC(=O)[O-])C(=O)O)[C@H]1CC[C@H]2[C@@H]3[C@H](O)CC4C[C@H](O)CC[C@]4(C)[C@H]3C[C@H](O)[C@]12C.[Na+].[Na+]. The van der Waals surface area contributed by atoms with Crippen LogP contribution in [0.1, 0.15) is 91.4 Å². The summed E-state index contributed by atoms with van der Waals surface area (Å²) in [5.41, 5.74) is -0.363. The Hall–Kier alpha value is 0.290. The first-order valence-electron chi connectivity index (χ1n) is 14.5. The smallest absolute Gasteiger partial charge is 0.862 e. The van der Waals surface area contributed by atoms with Gasteiger partial charge in [-0.2, -0.15) is 0 Å². The maximum Gasteiger partial charge on any atom is 1.00 e. The van der Waals surface area contributed by atoms with Crippen LogP contribution in [0.3, 0.4) is 0 Å². The molecule has 4 saturated carbocycles. The third-order valence-corrected chi connectivity index (χ3v) is 11.5. The van der Waals surface area contributed by atoms with Crippen molar-refractivity contribution in [2.45, 2.75) is 116 Å². The van der Waals surface area contributed by atoms with E-state index < -0.39 is 42.5 Å². The van der Waals surface area contributed by atoms with E-state index in [1.54, 1.807) is 0 Å². The molecule has 4 aliphatic rings. The molecule has 4 fully saturated rings. The number of carboxylic acid groups (broad SMARTS) is 2. The maximum absolute atomic E-state index is 12.5. The summed E-state index contributed by atoms with van der Waals surface area (Å²) in [6.07, 6.45) is 4.17. The first-order valence-corrected chi connectivity index (χ1v) is 14.5. The molecular formula is C29H45NNa2O8. The zero-order chi connectivity index (χ0) is 28.0. The van der Waals surface area contributed by atoms with Crippen LogP contribution in [0.15, 0.2) is 4.99 Å². The van der Waals surface area contributed by atoms with Gasteiger partial charge in [0.1, 0.15) is 6.04 Å². The molecule has 4 rings (SSSR count). The molecule has 12 atom stereocenters. The number of carbonyl (C=O) groups excluding carboxylic acids is 1. The summed E-state index contributed by atoms with van der Waals surface area (Å²) in [6.45, 7) is 6.54. The van der Waals surface area contributed by atoms with Crippen LogP contribution >= 0.6 is 0 Å². The second kappa shape index (κ2) is 14.4. The van der Waals surface area contributed by atoms with Crippen molar-refractivity contribution in [3.8, 4) is 0 Å². The van der Waals surface area contributed by atoms with E-state index >= 15 is 0 Å². The summed E-state index contributed by atoms with van der Waals surface area (Å²) in [6, 6.07) is -1.39. The van der Waals surface area contributed by atoms with Crippen molar-refractivity contribution in [1.29, 1.82) is 0 Å². The Morgan fingerprint density at radius 3 is 2.25 bits per heavy atom. The number of aliphatic imine (C=N–C) groups is 1. The molecule has 4 aliphatic carbocycles. The van der Waals surface area contributed by atoms with Crippen molar-refractivity contribution in [2.24, 2.45) is 51.3 Å². The van der Waals surface area contributed by atoms with Crippen LogP contribution in [0.25, 0.3) is 0 Å². The standard InChI is InChI=1S/C29H47NO8.2Na/c1-15(4-8-24(34)30-21(27(37)38)7-9-25(35)36)18-5-6-19-26-20(14-23(33)29(18,19)3)28(2)11-10-17(31)12-16(28)13-22(26)32;;/h15-23,26,31-33H,4-14H2,1-3H3,(H,30,34)(H,35,36)(H,37,38);;/q;2*+1/p-2/t15-,16?,17-,18-,19+,20+,21+,22-,23+,26+,28+,29-;;/m1../s1. The number of nitrogens with zero attached hydrogens (tertiary/aromatic N) is 1. The Kier molecular flexibility index (Phi) is 13.1. The molecule has 9 nitrogen and oxygen atoms in total. The number of aliphatic hydroxyl groups excluding tert-OH is 3. The molecule has 0 bridgehead atoms. The normalized spacial score (nSPS) is 42.2. The van der Waals surface area contributed by atoms with E-state index in [-0.39, 0.29) is 124 Å². The van der Waals surface area contributed by atoms with Gasteiger partial charge in [0, 0.05) is 5.97 Å². The van der Waals surface area contributed by atoms with Gasteiger partial charge in [-0.1, -0.05) is 20.8 Å². The fraction of sp³-hybridized carbons (Fsp3) is 0.897. The van der Waals surface area contributed by atoms with Crippen molar-refractivity contribution in [1.82, 2.24) is 0 Å². The summed E-state index contributed by atoms with van der Waals surface area (Å²) in [4.78, 5) is 25.8. The Morgan fingerprint density at radius 1 is 0.950 bits per heavy atom. The minimum atomic E-state index is -1.39. The quantitative estimate of drug-likeness (QED) is 0.119. The predicted molar refractivity (Wildman–Crippen MR) is 136 cm³/mol. The minimum Gasteiger partial charge on any atom is -0.862 e. The van der Waals surface area contributed by atoms with Crippen LogP contribution in [0, 0.1) is 46.3 Å². The van der Waals surface area contributed by atoms with Gasteiger partial charge in [-0.3, -0.25) is 4.99 Å². The molecule has 0 aliphatic heterocycles. The van der Waals surface area contributed by atoms with Crippen molar-refractivity contribution in [2.75, 3.05) is 0 Å². The van der Waals surface area contributed by atoms with Gasteiger partial charge >= 0.3 is 65.1 Å². The second-order valence-corrected chi connectivity index (χ2v) is 13.3. The van der Waals surface area contributed by atoms with E-state index in [0.717, 1.165) is 32.1 Å². The topological polar surface area (TPSA) is 174 Å². The molecule has 11 heteroatoms. The molecule has 0 spiro atoms. The number of hydrogen-bond donors (Lipinski definition) is 4. The van der Waals surface area contributed by atoms with E-state index in [2.05, 4.69) is 25.8 Å². The molecule has 0 heterocycles. The van der Waals surface area contributed by atoms with E-state index in [1.165, 1.54) is 0 Å². The molecule has 40 heavy (non-hydrogen) atoms. The van der Waals surface area contributed by atoms with Crippen LogP contribution in [-0.2, 0) is 9.59 Å². The van der Waals surface area contributed by atoms with Crippen LogP contribution < -0.4 is 69.3 Å². The van der Waals surface area contributed by atoms with E-state index in [0.29, 0.717) is 19.3 Å². The first-order chi connectivity index (χ1) is 17.8. The van der Waals surface area contributed by atoms with Crippen molar-refractivity contribution < 1.29 is 99.3 Å². The molecule has 216 valence electrons. The molecule has 0 aromatic rings. The molecule has 1 unspecified atom stereocenters. The number of fused-ring (bicyclic) bond motifs is 5. The summed E-state index contributed by atoms with van der Waals surface area (Å²) in [5.74, 6) is -2.20. The van der Waals surface area contributed by atoms with Crippen molar-refractivity contribution >= 4 is 17.8 Å². The number of aliphatic hydroxyl groups is 3. The van der Waals surface area contributed by atoms with Gasteiger partial charge in [0.05, 0.1) is 18.3 Å². The summed E-state index contributed by atoms with van der Waals surface area (Å²) >= 11 is 0. The fourth-order valence-electron chi connectivity index (χ4n) is 9.42. The number of hydrogen-bond acceptors (Lipinski definition) is 8. The maximum atomic E-state index is 12.5. The fourth-order valence-corrected chi connectivity index (χ4v) is 9.42. The van der Waals surface area contributed by atoms with Gasteiger partial charge in [-0.15, -0.1) is 0 Å². The Balaban J connectivity index is 0.00000280. The second-order valence-electron chi connectivity index (χ2n) is 13.3. The van der Waals surface area contributed by atoms with Gasteiger partial charge in [0.2, 0.25) is 0 Å². The predicted octanol–water partition coefficient (Wildman–Crippen LogP) is -4.89.